The summed E-state index contributed by atoms with van der Waals surface area (Å²) in [7, 11) is 1.36. The molecule has 2 aromatic carbocycles. The van der Waals surface area contributed by atoms with Crippen molar-refractivity contribution in [2.75, 3.05) is 19.0 Å². The van der Waals surface area contributed by atoms with Crippen LogP contribution < -0.4 is 15.4 Å². The van der Waals surface area contributed by atoms with Crippen LogP contribution in [0.25, 0.3) is 0 Å². The van der Waals surface area contributed by atoms with Crippen LogP contribution in [0.5, 0.6) is 5.75 Å². The molecule has 1 atom stereocenters. The van der Waals surface area contributed by atoms with Crippen LogP contribution in [0.15, 0.2) is 36.4 Å². The molecule has 0 heterocycles. The van der Waals surface area contributed by atoms with Gasteiger partial charge in [0.2, 0.25) is 5.91 Å². The minimum Gasteiger partial charge on any atom is -0.490 e. The molecular weight excluding hydrogens is 370 g/mol. The number of nitrogens with zero attached hydrogens (tertiary/aromatic N) is 1. The minimum atomic E-state index is -0.504. The number of nitro groups is 1. The normalized spacial score (nSPS) is 11.9. The van der Waals surface area contributed by atoms with E-state index < -0.39 is 4.92 Å². The van der Waals surface area contributed by atoms with E-state index in [0.29, 0.717) is 17.2 Å². The number of anilines is 1. The van der Waals surface area contributed by atoms with E-state index >= 15 is 0 Å². The molecule has 0 aliphatic heterocycles. The number of carbonyl (C=O) groups is 1. The first-order valence-electron chi connectivity index (χ1n) is 9.71. The number of nitrogens with one attached hydrogen (secondary N) is 2. The maximum absolute atomic E-state index is 12.5. The Morgan fingerprint density at radius 3 is 2.38 bits per heavy atom. The lowest BCUT2D eigenvalue weighted by molar-refractivity contribution is -0.385. The van der Waals surface area contributed by atoms with Gasteiger partial charge in [-0.3, -0.25) is 14.9 Å². The molecule has 0 fully saturated rings. The molecule has 7 nitrogen and oxygen atoms in total. The predicted molar refractivity (Wildman–Crippen MR) is 114 cm³/mol. The maximum atomic E-state index is 12.5. The molecule has 2 aromatic rings. The van der Waals surface area contributed by atoms with Gasteiger partial charge in [0.15, 0.2) is 5.75 Å². The summed E-state index contributed by atoms with van der Waals surface area (Å²) < 4.78 is 5.08. The first-order chi connectivity index (χ1) is 13.8. The number of methoxy groups -OCH3 is 1. The second-order valence-electron chi connectivity index (χ2n) is 7.34. The molecule has 0 saturated heterocycles. The second kappa shape index (κ2) is 10.0. The van der Waals surface area contributed by atoms with Crippen LogP contribution in [0.4, 0.5) is 11.4 Å². The zero-order chi connectivity index (χ0) is 21.6. The average Bonchev–Trinajstić information content (AvgIpc) is 2.69. The van der Waals surface area contributed by atoms with Crippen LogP contribution in [0.3, 0.4) is 0 Å². The van der Waals surface area contributed by atoms with Gasteiger partial charge in [-0.2, -0.15) is 0 Å². The standard InChI is InChI=1S/C22H29N3O4/c1-6-16-7-9-17(10-8-16)22(14(2)3)23-13-21(26)24-18-12-20(29-5)19(25(27)28)11-15(18)4/h7-12,14,22-23H,6,13H2,1-5H3,(H,24,26)/t22-/m1/s1. The Balaban J connectivity index is 2.08. The number of carbonyl (C=O) groups excluding carboxylic acids is 1. The van der Waals surface area contributed by atoms with Gasteiger partial charge >= 0.3 is 5.69 Å². The summed E-state index contributed by atoms with van der Waals surface area (Å²) in [6.45, 7) is 8.16. The molecule has 0 aliphatic carbocycles. The maximum Gasteiger partial charge on any atom is 0.311 e. The zero-order valence-electron chi connectivity index (χ0n) is 17.6. The van der Waals surface area contributed by atoms with E-state index in [4.69, 9.17) is 4.74 Å². The van der Waals surface area contributed by atoms with E-state index in [2.05, 4.69) is 55.7 Å². The van der Waals surface area contributed by atoms with Gasteiger partial charge in [0.25, 0.3) is 0 Å². The van der Waals surface area contributed by atoms with E-state index in [0.717, 1.165) is 12.0 Å². The Hall–Kier alpha value is -2.93. The fourth-order valence-corrected chi connectivity index (χ4v) is 3.21. The summed E-state index contributed by atoms with van der Waals surface area (Å²) in [4.78, 5) is 23.1. The SMILES string of the molecule is CCc1ccc([C@H](NCC(=O)Nc2cc(OC)c([N+](=O)[O-])cc2C)C(C)C)cc1. The van der Waals surface area contributed by atoms with E-state index in [-0.39, 0.29) is 29.9 Å². The summed E-state index contributed by atoms with van der Waals surface area (Å²) >= 11 is 0. The van der Waals surface area contributed by atoms with Crippen LogP contribution >= 0.6 is 0 Å². The fraction of sp³-hybridized carbons (Fsp3) is 0.409. The van der Waals surface area contributed by atoms with Gasteiger partial charge in [-0.25, -0.2) is 0 Å². The molecule has 156 valence electrons. The van der Waals surface area contributed by atoms with E-state index in [1.807, 2.05) is 0 Å². The van der Waals surface area contributed by atoms with Crippen molar-refractivity contribution in [3.05, 3.63) is 63.2 Å². The Kier molecular flexibility index (Phi) is 7.73. The van der Waals surface area contributed by atoms with Crippen molar-refractivity contribution in [1.82, 2.24) is 5.32 Å². The lowest BCUT2D eigenvalue weighted by Gasteiger charge is -2.23. The van der Waals surface area contributed by atoms with Gasteiger partial charge < -0.3 is 15.4 Å². The molecule has 0 saturated carbocycles. The number of hydrogen-bond acceptors (Lipinski definition) is 5. The summed E-state index contributed by atoms with van der Waals surface area (Å²) in [5, 5.41) is 17.2. The molecule has 1 amide bonds. The average molecular weight is 399 g/mol. The number of benzene rings is 2. The molecule has 0 aliphatic rings. The number of ether oxygens (including phenoxy) is 1. The van der Waals surface area contributed by atoms with Crippen LogP contribution in [0, 0.1) is 23.0 Å². The first kappa shape index (κ1) is 22.4. The summed E-state index contributed by atoms with van der Waals surface area (Å²) in [6, 6.07) is 11.3. The Morgan fingerprint density at radius 2 is 1.86 bits per heavy atom. The van der Waals surface area contributed by atoms with Gasteiger partial charge in [-0.15, -0.1) is 0 Å². The van der Waals surface area contributed by atoms with Crippen molar-refractivity contribution in [3.8, 4) is 5.75 Å². The Bertz CT molecular complexity index is 863. The smallest absolute Gasteiger partial charge is 0.311 e. The topological polar surface area (TPSA) is 93.5 Å². The van der Waals surface area contributed by atoms with Crippen molar-refractivity contribution in [2.45, 2.75) is 40.2 Å². The highest BCUT2D eigenvalue weighted by atomic mass is 16.6. The second-order valence-corrected chi connectivity index (χ2v) is 7.34. The van der Waals surface area contributed by atoms with Crippen molar-refractivity contribution in [1.29, 1.82) is 0 Å². The third-order valence-corrected chi connectivity index (χ3v) is 4.89. The number of amides is 1. The van der Waals surface area contributed by atoms with Gasteiger partial charge in [0, 0.05) is 23.9 Å². The molecule has 0 radical (unpaired) electrons. The van der Waals surface area contributed by atoms with Gasteiger partial charge in [0.05, 0.1) is 18.6 Å². The monoisotopic (exact) mass is 399 g/mol. The van der Waals surface area contributed by atoms with Crippen LogP contribution in [0.1, 0.15) is 43.5 Å². The highest BCUT2D eigenvalue weighted by molar-refractivity contribution is 5.93. The van der Waals surface area contributed by atoms with Crippen LogP contribution in [0.2, 0.25) is 0 Å². The largest absolute Gasteiger partial charge is 0.490 e. The third-order valence-electron chi connectivity index (χ3n) is 4.89. The van der Waals surface area contributed by atoms with Gasteiger partial charge in [0.1, 0.15) is 0 Å². The molecule has 0 bridgehead atoms. The van der Waals surface area contributed by atoms with Crippen molar-refractivity contribution >= 4 is 17.3 Å². The first-order valence-corrected chi connectivity index (χ1v) is 9.71. The van der Waals surface area contributed by atoms with Gasteiger partial charge in [-0.1, -0.05) is 45.0 Å². The lowest BCUT2D eigenvalue weighted by Crippen LogP contribution is -2.33. The zero-order valence-corrected chi connectivity index (χ0v) is 17.6. The quantitative estimate of drug-likeness (QED) is 0.481. The number of aryl methyl sites for hydroxylation is 2. The van der Waals surface area contributed by atoms with E-state index in [1.165, 1.54) is 24.8 Å². The summed E-state index contributed by atoms with van der Waals surface area (Å²) in [6.07, 6.45) is 0.987. The van der Waals surface area contributed by atoms with E-state index in [9.17, 15) is 14.9 Å². The molecule has 29 heavy (non-hydrogen) atoms. The molecular formula is C22H29N3O4. The predicted octanol–water partition coefficient (Wildman–Crippen LogP) is 4.40. The summed E-state index contributed by atoms with van der Waals surface area (Å²) in [5.41, 5.74) is 3.38. The van der Waals surface area contributed by atoms with Gasteiger partial charge in [-0.05, 0) is 36.0 Å². The Morgan fingerprint density at radius 1 is 1.21 bits per heavy atom. The lowest BCUT2D eigenvalue weighted by atomic mass is 9.95. The molecule has 7 heteroatoms. The molecule has 0 aromatic heterocycles. The summed E-state index contributed by atoms with van der Waals surface area (Å²) in [5.74, 6) is 0.191. The molecule has 2 rings (SSSR count). The highest BCUT2D eigenvalue weighted by Gasteiger charge is 2.20. The molecule has 0 unspecified atom stereocenters. The minimum absolute atomic E-state index is 0.0409. The van der Waals surface area contributed by atoms with Crippen molar-refractivity contribution in [3.63, 3.8) is 0 Å². The number of hydrogen-bond donors (Lipinski definition) is 2. The molecule has 0 spiro atoms. The van der Waals surface area contributed by atoms with Crippen molar-refractivity contribution in [2.24, 2.45) is 5.92 Å². The number of nitro benzene ring substituents is 1. The van der Waals surface area contributed by atoms with Crippen molar-refractivity contribution < 1.29 is 14.5 Å². The third kappa shape index (κ3) is 5.77. The van der Waals surface area contributed by atoms with Crippen LogP contribution in [-0.4, -0.2) is 24.5 Å². The van der Waals surface area contributed by atoms with E-state index in [1.54, 1.807) is 6.92 Å². The Labute approximate surface area is 171 Å². The highest BCUT2D eigenvalue weighted by Crippen LogP contribution is 2.32. The van der Waals surface area contributed by atoms with Crippen LogP contribution in [-0.2, 0) is 11.2 Å². The fourth-order valence-electron chi connectivity index (χ4n) is 3.21. The molecule has 2 N–H and O–H groups in total. The number of rotatable bonds is 9.